The van der Waals surface area contributed by atoms with Gasteiger partial charge in [-0.2, -0.15) is 10.2 Å². The van der Waals surface area contributed by atoms with Gasteiger partial charge in [-0.05, 0) is 18.5 Å². The van der Waals surface area contributed by atoms with E-state index in [9.17, 15) is 9.90 Å². The standard InChI is InChI=1S/C17H19N7O2S3/c1-29-17(28)24-20-9-14(11-5-3-2-4-6-11)22-23-16(27)21-13(15(25)26)7-12-8-18-10-19-12/h2-6,8-10,13H,7H2,1H3,(H,18,19)(H,24,28)(H,25,26)(H2,21,23,27). The van der Waals surface area contributed by atoms with Gasteiger partial charge in [0.1, 0.15) is 11.8 Å². The van der Waals surface area contributed by atoms with E-state index in [0.29, 0.717) is 15.7 Å². The lowest BCUT2D eigenvalue weighted by Gasteiger charge is -2.15. The summed E-state index contributed by atoms with van der Waals surface area (Å²) < 4.78 is 0.516. The fourth-order valence-corrected chi connectivity index (χ4v) is 2.47. The molecule has 2 rings (SSSR count). The van der Waals surface area contributed by atoms with Crippen molar-refractivity contribution >= 4 is 63.5 Å². The molecule has 1 unspecified atom stereocenters. The highest BCUT2D eigenvalue weighted by Crippen LogP contribution is 2.01. The molecule has 2 aromatic rings. The van der Waals surface area contributed by atoms with E-state index in [4.69, 9.17) is 24.4 Å². The smallest absolute Gasteiger partial charge is 0.326 e. The van der Waals surface area contributed by atoms with Crippen molar-refractivity contribution in [1.29, 1.82) is 0 Å². The van der Waals surface area contributed by atoms with Gasteiger partial charge in [0, 0.05) is 23.9 Å². The second-order valence-electron chi connectivity index (χ2n) is 5.48. The summed E-state index contributed by atoms with van der Waals surface area (Å²) in [5.41, 5.74) is 7.31. The molecule has 0 aliphatic carbocycles. The fourth-order valence-electron chi connectivity index (χ4n) is 2.09. The van der Waals surface area contributed by atoms with Crippen LogP contribution < -0.4 is 16.2 Å². The number of aromatic nitrogens is 2. The second-order valence-corrected chi connectivity index (χ2v) is 7.37. The third-order valence-corrected chi connectivity index (χ3v) is 4.72. The van der Waals surface area contributed by atoms with Crippen LogP contribution in [0.15, 0.2) is 53.1 Å². The summed E-state index contributed by atoms with van der Waals surface area (Å²) in [5.74, 6) is -1.05. The van der Waals surface area contributed by atoms with E-state index in [1.54, 1.807) is 6.20 Å². The van der Waals surface area contributed by atoms with Crippen LogP contribution in [0.5, 0.6) is 0 Å². The van der Waals surface area contributed by atoms with Gasteiger partial charge in [-0.15, -0.1) is 0 Å². The number of hydrazone groups is 2. The predicted molar refractivity (Wildman–Crippen MR) is 123 cm³/mol. The number of imidazole rings is 1. The highest BCUT2D eigenvalue weighted by Gasteiger charge is 2.19. The summed E-state index contributed by atoms with van der Waals surface area (Å²) in [4.78, 5) is 18.2. The van der Waals surface area contributed by atoms with E-state index >= 15 is 0 Å². The normalized spacial score (nSPS) is 12.4. The van der Waals surface area contributed by atoms with Gasteiger partial charge in [0.25, 0.3) is 0 Å². The molecule has 0 saturated carbocycles. The van der Waals surface area contributed by atoms with E-state index < -0.39 is 12.0 Å². The minimum Gasteiger partial charge on any atom is -0.480 e. The lowest BCUT2D eigenvalue weighted by molar-refractivity contribution is -0.139. The second kappa shape index (κ2) is 11.9. The number of carboxylic acid groups (broad SMARTS) is 1. The number of thiocarbonyl (C=S) groups is 2. The van der Waals surface area contributed by atoms with E-state index in [1.807, 2.05) is 36.6 Å². The molecule has 1 atom stereocenters. The monoisotopic (exact) mass is 449 g/mol. The first-order valence-corrected chi connectivity index (χ1v) is 10.3. The van der Waals surface area contributed by atoms with Gasteiger partial charge in [-0.1, -0.05) is 54.3 Å². The molecule has 9 nitrogen and oxygen atoms in total. The van der Waals surface area contributed by atoms with Crippen molar-refractivity contribution in [3.63, 3.8) is 0 Å². The van der Waals surface area contributed by atoms with Crippen LogP contribution in [0.25, 0.3) is 0 Å². The zero-order chi connectivity index (χ0) is 21.1. The molecule has 0 radical (unpaired) electrons. The zero-order valence-corrected chi connectivity index (χ0v) is 17.8. The van der Waals surface area contributed by atoms with Gasteiger partial charge < -0.3 is 15.4 Å². The Hall–Kier alpha value is -2.83. The summed E-state index contributed by atoms with van der Waals surface area (Å²) in [5, 5.41) is 20.5. The molecule has 29 heavy (non-hydrogen) atoms. The average molecular weight is 450 g/mol. The number of rotatable bonds is 8. The SMILES string of the molecule is CSC(=S)NN=CC(=NNC(=S)NC(Cc1cnc[nH]1)C(=O)O)c1ccccc1. The van der Waals surface area contributed by atoms with Crippen molar-refractivity contribution in [3.05, 3.63) is 54.1 Å². The molecule has 0 amide bonds. The maximum atomic E-state index is 11.5. The number of aromatic amines is 1. The Morgan fingerprint density at radius 3 is 2.72 bits per heavy atom. The largest absolute Gasteiger partial charge is 0.480 e. The van der Waals surface area contributed by atoms with Gasteiger partial charge in [0.15, 0.2) is 9.43 Å². The Bertz CT molecular complexity index is 886. The molecule has 0 aliphatic heterocycles. The molecular weight excluding hydrogens is 430 g/mol. The van der Waals surface area contributed by atoms with Crippen molar-refractivity contribution in [2.24, 2.45) is 10.2 Å². The van der Waals surface area contributed by atoms with E-state index in [1.165, 1.54) is 24.3 Å². The zero-order valence-electron chi connectivity index (χ0n) is 15.3. The number of hydrogen-bond donors (Lipinski definition) is 5. The number of carboxylic acids is 1. The first kappa shape index (κ1) is 22.5. The molecule has 0 spiro atoms. The van der Waals surface area contributed by atoms with Gasteiger partial charge in [0.05, 0.1) is 12.5 Å². The van der Waals surface area contributed by atoms with Crippen LogP contribution in [0.3, 0.4) is 0 Å². The lowest BCUT2D eigenvalue weighted by Crippen LogP contribution is -2.46. The quantitative estimate of drug-likeness (QED) is 0.231. The number of thioether (sulfide) groups is 1. The van der Waals surface area contributed by atoms with Crippen LogP contribution in [-0.2, 0) is 11.2 Å². The molecule has 12 heteroatoms. The third kappa shape index (κ3) is 7.97. The Morgan fingerprint density at radius 1 is 1.34 bits per heavy atom. The Balaban J connectivity index is 2.06. The summed E-state index contributed by atoms with van der Waals surface area (Å²) >= 11 is 11.6. The fraction of sp³-hybridized carbons (Fsp3) is 0.176. The summed E-state index contributed by atoms with van der Waals surface area (Å²) in [6, 6.07) is 8.37. The number of nitrogens with one attached hydrogen (secondary N) is 4. The van der Waals surface area contributed by atoms with Crippen LogP contribution in [-0.4, -0.2) is 54.7 Å². The van der Waals surface area contributed by atoms with Crippen LogP contribution in [0.4, 0.5) is 0 Å². The molecule has 0 aliphatic rings. The van der Waals surface area contributed by atoms with Gasteiger partial charge in [-0.25, -0.2) is 9.78 Å². The Kier molecular flexibility index (Phi) is 9.21. The average Bonchev–Trinajstić information content (AvgIpc) is 3.23. The molecule has 5 N–H and O–H groups in total. The molecule has 1 aromatic heterocycles. The minimum absolute atomic E-state index is 0.0614. The number of H-pyrrole nitrogens is 1. The number of nitrogens with zero attached hydrogens (tertiary/aromatic N) is 3. The van der Waals surface area contributed by atoms with Crippen LogP contribution in [0.2, 0.25) is 0 Å². The first-order valence-electron chi connectivity index (χ1n) is 8.26. The molecule has 1 aromatic carbocycles. The minimum atomic E-state index is -1.05. The van der Waals surface area contributed by atoms with Crippen molar-refractivity contribution in [3.8, 4) is 0 Å². The molecule has 152 valence electrons. The van der Waals surface area contributed by atoms with Crippen molar-refractivity contribution < 1.29 is 9.90 Å². The van der Waals surface area contributed by atoms with E-state index in [0.717, 1.165) is 5.56 Å². The lowest BCUT2D eigenvalue weighted by atomic mass is 10.1. The van der Waals surface area contributed by atoms with Gasteiger partial charge in [0.2, 0.25) is 0 Å². The number of benzene rings is 1. The summed E-state index contributed by atoms with van der Waals surface area (Å²) in [6.07, 6.45) is 6.56. The van der Waals surface area contributed by atoms with Crippen LogP contribution in [0.1, 0.15) is 11.3 Å². The molecule has 0 saturated heterocycles. The molecule has 0 bridgehead atoms. The summed E-state index contributed by atoms with van der Waals surface area (Å²) in [7, 11) is 0. The van der Waals surface area contributed by atoms with Gasteiger partial charge >= 0.3 is 5.97 Å². The maximum Gasteiger partial charge on any atom is 0.326 e. The van der Waals surface area contributed by atoms with Crippen LogP contribution >= 0.6 is 36.2 Å². The molecule has 0 fully saturated rings. The molecular formula is C17H19N7O2S3. The number of hydrogen-bond acceptors (Lipinski definition) is 7. The topological polar surface area (TPSA) is 127 Å². The summed E-state index contributed by atoms with van der Waals surface area (Å²) in [6.45, 7) is 0. The maximum absolute atomic E-state index is 11.5. The van der Waals surface area contributed by atoms with Crippen LogP contribution in [0, 0.1) is 0 Å². The molecule has 1 heterocycles. The third-order valence-electron chi connectivity index (χ3n) is 3.46. The Morgan fingerprint density at radius 2 is 2.10 bits per heavy atom. The van der Waals surface area contributed by atoms with Crippen molar-refractivity contribution in [2.75, 3.05) is 6.26 Å². The highest BCUT2D eigenvalue weighted by molar-refractivity contribution is 8.22. The Labute approximate surface area is 182 Å². The van der Waals surface area contributed by atoms with Gasteiger partial charge in [-0.3, -0.25) is 10.9 Å². The first-order chi connectivity index (χ1) is 14.0. The number of aliphatic carboxylic acids is 1. The van der Waals surface area contributed by atoms with Crippen molar-refractivity contribution in [1.82, 2.24) is 26.1 Å². The predicted octanol–water partition coefficient (Wildman–Crippen LogP) is 1.50. The van der Waals surface area contributed by atoms with Crippen molar-refractivity contribution in [2.45, 2.75) is 12.5 Å². The van der Waals surface area contributed by atoms with E-state index in [2.05, 4.69) is 36.3 Å². The van der Waals surface area contributed by atoms with E-state index in [-0.39, 0.29) is 11.5 Å². The number of carbonyl (C=O) groups is 1. The highest BCUT2D eigenvalue weighted by atomic mass is 32.2.